The van der Waals surface area contributed by atoms with Gasteiger partial charge in [-0.15, -0.1) is 0 Å². The summed E-state index contributed by atoms with van der Waals surface area (Å²) in [5, 5.41) is 0. The van der Waals surface area contributed by atoms with Gasteiger partial charge in [0, 0.05) is 11.6 Å². The monoisotopic (exact) mass is 360 g/mol. The molecule has 0 aliphatic rings. The first-order valence-electron chi connectivity index (χ1n) is 9.40. The standard InChI is InChI=1S/C25H25FO/c1-3-27-24-16-15-23(25(26)18-24)14-13-20-9-11-21(12-10-20)17-19(2)22-7-5-4-6-8-22/h4-16,18-19H,3,17H2,1-2H3/t19-/m1/s1. The van der Waals surface area contributed by atoms with Gasteiger partial charge in [-0.05, 0) is 48.1 Å². The first-order valence-corrected chi connectivity index (χ1v) is 9.40. The Morgan fingerprint density at radius 3 is 2.33 bits per heavy atom. The fraction of sp³-hybridized carbons (Fsp3) is 0.200. The summed E-state index contributed by atoms with van der Waals surface area (Å²) in [5.41, 5.74) is 4.27. The summed E-state index contributed by atoms with van der Waals surface area (Å²) >= 11 is 0. The van der Waals surface area contributed by atoms with Crippen molar-refractivity contribution in [2.24, 2.45) is 0 Å². The summed E-state index contributed by atoms with van der Waals surface area (Å²) in [7, 11) is 0. The lowest BCUT2D eigenvalue weighted by atomic mass is 9.93. The van der Waals surface area contributed by atoms with E-state index in [1.807, 2.05) is 19.1 Å². The molecule has 0 unspecified atom stereocenters. The van der Waals surface area contributed by atoms with Crippen molar-refractivity contribution in [3.8, 4) is 5.75 Å². The molecule has 0 N–H and O–H groups in total. The van der Waals surface area contributed by atoms with Crippen LogP contribution in [0.4, 0.5) is 4.39 Å². The molecule has 0 radical (unpaired) electrons. The van der Waals surface area contributed by atoms with E-state index in [0.29, 0.717) is 23.8 Å². The van der Waals surface area contributed by atoms with Gasteiger partial charge < -0.3 is 4.74 Å². The summed E-state index contributed by atoms with van der Waals surface area (Å²) in [6.07, 6.45) is 4.73. The molecule has 0 aromatic heterocycles. The van der Waals surface area contributed by atoms with Gasteiger partial charge in [0.15, 0.2) is 0 Å². The quantitative estimate of drug-likeness (QED) is 0.424. The van der Waals surface area contributed by atoms with E-state index in [1.165, 1.54) is 17.2 Å². The van der Waals surface area contributed by atoms with Crippen molar-refractivity contribution in [2.45, 2.75) is 26.2 Å². The van der Waals surface area contributed by atoms with Crippen LogP contribution in [0.15, 0.2) is 72.8 Å². The van der Waals surface area contributed by atoms with Crippen molar-refractivity contribution in [3.05, 3.63) is 101 Å². The lowest BCUT2D eigenvalue weighted by molar-refractivity contribution is 0.338. The molecule has 0 fully saturated rings. The molecule has 3 aromatic carbocycles. The fourth-order valence-electron chi connectivity index (χ4n) is 3.10. The molecule has 3 aromatic rings. The van der Waals surface area contributed by atoms with Crippen molar-refractivity contribution in [2.75, 3.05) is 6.61 Å². The first-order chi connectivity index (χ1) is 13.2. The minimum atomic E-state index is -0.273. The van der Waals surface area contributed by atoms with Crippen molar-refractivity contribution in [1.29, 1.82) is 0 Å². The highest BCUT2D eigenvalue weighted by atomic mass is 19.1. The molecule has 1 nitrogen and oxygen atoms in total. The minimum absolute atomic E-state index is 0.273. The zero-order chi connectivity index (χ0) is 19.1. The van der Waals surface area contributed by atoms with E-state index >= 15 is 0 Å². The Kier molecular flexibility index (Phi) is 6.43. The Morgan fingerprint density at radius 2 is 1.67 bits per heavy atom. The van der Waals surface area contributed by atoms with E-state index in [9.17, 15) is 4.39 Å². The SMILES string of the molecule is CCOc1ccc(C=Cc2ccc(C[C@@H](C)c3ccccc3)cc2)c(F)c1. The van der Waals surface area contributed by atoms with Gasteiger partial charge in [0.1, 0.15) is 11.6 Å². The van der Waals surface area contributed by atoms with Crippen molar-refractivity contribution >= 4 is 12.2 Å². The topological polar surface area (TPSA) is 9.23 Å². The summed E-state index contributed by atoms with van der Waals surface area (Å²) in [6.45, 7) is 4.66. The molecule has 0 bridgehead atoms. The van der Waals surface area contributed by atoms with E-state index < -0.39 is 0 Å². The molecule has 138 valence electrons. The van der Waals surface area contributed by atoms with Crippen LogP contribution in [-0.2, 0) is 6.42 Å². The average molecular weight is 360 g/mol. The van der Waals surface area contributed by atoms with Crippen LogP contribution in [0.2, 0.25) is 0 Å². The summed E-state index contributed by atoms with van der Waals surface area (Å²) < 4.78 is 19.4. The average Bonchev–Trinajstić information content (AvgIpc) is 2.69. The van der Waals surface area contributed by atoms with Crippen LogP contribution in [-0.4, -0.2) is 6.61 Å². The maximum atomic E-state index is 14.1. The van der Waals surface area contributed by atoms with Crippen LogP contribution in [0, 0.1) is 5.82 Å². The number of ether oxygens (including phenoxy) is 1. The molecule has 0 aliphatic carbocycles. The molecular weight excluding hydrogens is 335 g/mol. The summed E-state index contributed by atoms with van der Waals surface area (Å²) in [5.74, 6) is 0.764. The minimum Gasteiger partial charge on any atom is -0.494 e. The summed E-state index contributed by atoms with van der Waals surface area (Å²) in [6, 6.07) is 24.0. The van der Waals surface area contributed by atoms with Gasteiger partial charge in [0.25, 0.3) is 0 Å². The van der Waals surface area contributed by atoms with Gasteiger partial charge >= 0.3 is 0 Å². The van der Waals surface area contributed by atoms with Gasteiger partial charge in [0.2, 0.25) is 0 Å². The van der Waals surface area contributed by atoms with Crippen LogP contribution < -0.4 is 4.74 Å². The van der Waals surface area contributed by atoms with Crippen LogP contribution in [0.3, 0.4) is 0 Å². The lowest BCUT2D eigenvalue weighted by Crippen LogP contribution is -1.98. The van der Waals surface area contributed by atoms with Crippen molar-refractivity contribution < 1.29 is 9.13 Å². The first kappa shape index (κ1) is 18.9. The van der Waals surface area contributed by atoms with E-state index in [4.69, 9.17) is 4.74 Å². The number of benzene rings is 3. The normalized spacial score (nSPS) is 12.3. The smallest absolute Gasteiger partial charge is 0.134 e. The van der Waals surface area contributed by atoms with Crippen LogP contribution >= 0.6 is 0 Å². The number of hydrogen-bond acceptors (Lipinski definition) is 1. The zero-order valence-corrected chi connectivity index (χ0v) is 15.9. The second-order valence-electron chi connectivity index (χ2n) is 6.71. The van der Waals surface area contributed by atoms with E-state index in [2.05, 4.69) is 55.5 Å². The fourth-order valence-corrected chi connectivity index (χ4v) is 3.10. The third-order valence-electron chi connectivity index (χ3n) is 4.63. The van der Waals surface area contributed by atoms with Gasteiger partial charge in [-0.1, -0.05) is 73.7 Å². The maximum absolute atomic E-state index is 14.1. The van der Waals surface area contributed by atoms with Crippen LogP contribution in [0.1, 0.15) is 42.0 Å². The molecule has 0 heterocycles. The molecular formula is C25H25FO. The number of hydrogen-bond donors (Lipinski definition) is 0. The molecule has 0 amide bonds. The van der Waals surface area contributed by atoms with Crippen molar-refractivity contribution in [1.82, 2.24) is 0 Å². The second kappa shape index (κ2) is 9.18. The molecule has 0 aliphatic heterocycles. The molecule has 0 saturated carbocycles. The van der Waals surface area contributed by atoms with Gasteiger partial charge in [-0.25, -0.2) is 4.39 Å². The Hall–Kier alpha value is -2.87. The molecule has 27 heavy (non-hydrogen) atoms. The molecule has 0 spiro atoms. The number of halogens is 1. The highest BCUT2D eigenvalue weighted by Crippen LogP contribution is 2.22. The summed E-state index contributed by atoms with van der Waals surface area (Å²) in [4.78, 5) is 0. The Balaban J connectivity index is 1.64. The zero-order valence-electron chi connectivity index (χ0n) is 15.9. The molecule has 3 rings (SSSR count). The van der Waals surface area contributed by atoms with Crippen LogP contribution in [0.25, 0.3) is 12.2 Å². The second-order valence-corrected chi connectivity index (χ2v) is 6.71. The lowest BCUT2D eigenvalue weighted by Gasteiger charge is -2.12. The molecule has 2 heteroatoms. The van der Waals surface area contributed by atoms with E-state index in [0.717, 1.165) is 12.0 Å². The highest BCUT2D eigenvalue weighted by Gasteiger charge is 2.06. The number of rotatable bonds is 7. The van der Waals surface area contributed by atoms with E-state index in [-0.39, 0.29) is 5.82 Å². The van der Waals surface area contributed by atoms with Crippen LogP contribution in [0.5, 0.6) is 5.75 Å². The van der Waals surface area contributed by atoms with Gasteiger partial charge in [-0.2, -0.15) is 0 Å². The maximum Gasteiger partial charge on any atom is 0.134 e. The highest BCUT2D eigenvalue weighted by molar-refractivity contribution is 5.70. The predicted molar refractivity (Wildman–Crippen MR) is 112 cm³/mol. The molecule has 1 atom stereocenters. The largest absolute Gasteiger partial charge is 0.494 e. The third-order valence-corrected chi connectivity index (χ3v) is 4.63. The van der Waals surface area contributed by atoms with E-state index in [1.54, 1.807) is 18.2 Å². The Labute approximate surface area is 161 Å². The van der Waals surface area contributed by atoms with Gasteiger partial charge in [0.05, 0.1) is 6.61 Å². The third kappa shape index (κ3) is 5.30. The Morgan fingerprint density at radius 1 is 0.926 bits per heavy atom. The Bertz CT molecular complexity index is 882. The van der Waals surface area contributed by atoms with Crippen molar-refractivity contribution in [3.63, 3.8) is 0 Å². The predicted octanol–water partition coefficient (Wildman–Crippen LogP) is 6.74. The molecule has 0 saturated heterocycles. The van der Waals surface area contributed by atoms with Gasteiger partial charge in [-0.3, -0.25) is 0 Å².